The smallest absolute Gasteiger partial charge is 0.335 e. The lowest BCUT2D eigenvalue weighted by molar-refractivity contribution is 0.0697. The summed E-state index contributed by atoms with van der Waals surface area (Å²) in [4.78, 5) is 10.8. The predicted octanol–water partition coefficient (Wildman–Crippen LogP) is 4.48. The van der Waals surface area contributed by atoms with Gasteiger partial charge in [0.1, 0.15) is 0 Å². The Morgan fingerprint density at radius 2 is 1.53 bits per heavy atom. The van der Waals surface area contributed by atoms with Crippen molar-refractivity contribution in [2.24, 2.45) is 0 Å². The van der Waals surface area contributed by atoms with Gasteiger partial charge in [-0.1, -0.05) is 55.5 Å². The standard InChI is InChI=1S/C17H16O2/c1-2-3-4-13-5-7-14(8-6-13)15-9-11-16(12-10-15)17(18)19/h3-12H,2H2,1H3,(H,18,19)/b4-3+. The lowest BCUT2D eigenvalue weighted by Crippen LogP contribution is -1.94. The summed E-state index contributed by atoms with van der Waals surface area (Å²) in [6.07, 6.45) is 5.24. The summed E-state index contributed by atoms with van der Waals surface area (Å²) in [6, 6.07) is 15.1. The van der Waals surface area contributed by atoms with Crippen LogP contribution in [0.25, 0.3) is 17.2 Å². The summed E-state index contributed by atoms with van der Waals surface area (Å²) in [7, 11) is 0. The number of hydrogen-bond acceptors (Lipinski definition) is 1. The van der Waals surface area contributed by atoms with Gasteiger partial charge in [-0.2, -0.15) is 0 Å². The van der Waals surface area contributed by atoms with Crippen molar-refractivity contribution in [1.82, 2.24) is 0 Å². The number of hydrogen-bond donors (Lipinski definition) is 1. The second-order valence-corrected chi connectivity index (χ2v) is 4.32. The highest BCUT2D eigenvalue weighted by Gasteiger charge is 2.02. The quantitative estimate of drug-likeness (QED) is 0.871. The van der Waals surface area contributed by atoms with Gasteiger partial charge in [-0.05, 0) is 35.2 Å². The van der Waals surface area contributed by atoms with Crippen molar-refractivity contribution in [2.75, 3.05) is 0 Å². The molecule has 0 aliphatic rings. The second kappa shape index (κ2) is 6.01. The number of rotatable bonds is 4. The van der Waals surface area contributed by atoms with Crippen molar-refractivity contribution in [3.05, 3.63) is 65.7 Å². The third kappa shape index (κ3) is 3.32. The summed E-state index contributed by atoms with van der Waals surface area (Å²) in [5.74, 6) is -0.897. The fourth-order valence-electron chi connectivity index (χ4n) is 1.85. The molecule has 0 radical (unpaired) electrons. The Labute approximate surface area is 113 Å². The molecule has 0 atom stereocenters. The van der Waals surface area contributed by atoms with Crippen molar-refractivity contribution in [3.8, 4) is 11.1 Å². The van der Waals surface area contributed by atoms with Gasteiger partial charge in [0.15, 0.2) is 0 Å². The molecule has 2 aromatic carbocycles. The minimum Gasteiger partial charge on any atom is -0.478 e. The van der Waals surface area contributed by atoms with Crippen LogP contribution in [-0.2, 0) is 0 Å². The van der Waals surface area contributed by atoms with E-state index in [2.05, 4.69) is 31.2 Å². The maximum Gasteiger partial charge on any atom is 0.335 e. The average molecular weight is 252 g/mol. The van der Waals surface area contributed by atoms with Crippen LogP contribution in [0.15, 0.2) is 54.6 Å². The molecule has 19 heavy (non-hydrogen) atoms. The Bertz CT molecular complexity index is 578. The number of allylic oxidation sites excluding steroid dienone is 1. The van der Waals surface area contributed by atoms with Crippen LogP contribution < -0.4 is 0 Å². The molecule has 0 fully saturated rings. The number of benzene rings is 2. The van der Waals surface area contributed by atoms with Crippen molar-refractivity contribution in [3.63, 3.8) is 0 Å². The summed E-state index contributed by atoms with van der Waals surface area (Å²) in [5, 5.41) is 8.86. The minimum absolute atomic E-state index is 0.311. The fraction of sp³-hybridized carbons (Fsp3) is 0.118. The van der Waals surface area contributed by atoms with Crippen molar-refractivity contribution < 1.29 is 9.90 Å². The molecule has 0 spiro atoms. The molecule has 0 aliphatic heterocycles. The van der Waals surface area contributed by atoms with Gasteiger partial charge in [-0.3, -0.25) is 0 Å². The molecule has 0 saturated heterocycles. The van der Waals surface area contributed by atoms with Crippen LogP contribution in [-0.4, -0.2) is 11.1 Å². The van der Waals surface area contributed by atoms with Crippen LogP contribution in [0.1, 0.15) is 29.3 Å². The minimum atomic E-state index is -0.897. The van der Waals surface area contributed by atoms with E-state index in [4.69, 9.17) is 5.11 Å². The first kappa shape index (κ1) is 13.1. The Morgan fingerprint density at radius 1 is 1.00 bits per heavy atom. The summed E-state index contributed by atoms with van der Waals surface area (Å²) in [6.45, 7) is 2.11. The second-order valence-electron chi connectivity index (χ2n) is 4.32. The first-order valence-electron chi connectivity index (χ1n) is 6.31. The zero-order valence-electron chi connectivity index (χ0n) is 10.8. The highest BCUT2D eigenvalue weighted by molar-refractivity contribution is 5.88. The third-order valence-corrected chi connectivity index (χ3v) is 2.92. The average Bonchev–Trinajstić information content (AvgIpc) is 2.46. The molecule has 96 valence electrons. The predicted molar refractivity (Wildman–Crippen MR) is 78.2 cm³/mol. The van der Waals surface area contributed by atoms with Gasteiger partial charge in [0.2, 0.25) is 0 Å². The van der Waals surface area contributed by atoms with Crippen molar-refractivity contribution in [1.29, 1.82) is 0 Å². The number of carboxylic acid groups (broad SMARTS) is 1. The molecule has 0 amide bonds. The zero-order valence-corrected chi connectivity index (χ0v) is 10.8. The largest absolute Gasteiger partial charge is 0.478 e. The lowest BCUT2D eigenvalue weighted by Gasteiger charge is -2.03. The summed E-state index contributed by atoms with van der Waals surface area (Å²) in [5.41, 5.74) is 3.60. The third-order valence-electron chi connectivity index (χ3n) is 2.92. The monoisotopic (exact) mass is 252 g/mol. The van der Waals surface area contributed by atoms with E-state index in [-0.39, 0.29) is 0 Å². The van der Waals surface area contributed by atoms with Gasteiger partial charge in [0.05, 0.1) is 5.56 Å². The molecule has 0 aromatic heterocycles. The molecule has 0 unspecified atom stereocenters. The molecule has 2 aromatic rings. The van der Waals surface area contributed by atoms with Crippen LogP contribution >= 0.6 is 0 Å². The van der Waals surface area contributed by atoms with Gasteiger partial charge in [0.25, 0.3) is 0 Å². The molecular weight excluding hydrogens is 236 g/mol. The van der Waals surface area contributed by atoms with Gasteiger partial charge in [-0.25, -0.2) is 4.79 Å². The normalized spacial score (nSPS) is 10.8. The molecule has 0 aliphatic carbocycles. The molecule has 0 bridgehead atoms. The van der Waals surface area contributed by atoms with Gasteiger partial charge in [-0.15, -0.1) is 0 Å². The van der Waals surface area contributed by atoms with Crippen molar-refractivity contribution in [2.45, 2.75) is 13.3 Å². The van der Waals surface area contributed by atoms with E-state index in [0.29, 0.717) is 5.56 Å². The van der Waals surface area contributed by atoms with Crippen LogP contribution in [0.5, 0.6) is 0 Å². The molecule has 2 nitrogen and oxygen atoms in total. The van der Waals surface area contributed by atoms with Crippen LogP contribution in [0.4, 0.5) is 0 Å². The number of carbonyl (C=O) groups is 1. The van der Waals surface area contributed by atoms with E-state index >= 15 is 0 Å². The van der Waals surface area contributed by atoms with E-state index in [1.807, 2.05) is 24.3 Å². The van der Waals surface area contributed by atoms with E-state index in [1.165, 1.54) is 5.56 Å². The fourth-order valence-corrected chi connectivity index (χ4v) is 1.85. The summed E-state index contributed by atoms with van der Waals surface area (Å²) < 4.78 is 0. The zero-order chi connectivity index (χ0) is 13.7. The molecule has 1 N–H and O–H groups in total. The molecule has 2 heteroatoms. The Morgan fingerprint density at radius 3 is 2.00 bits per heavy atom. The number of aromatic carboxylic acids is 1. The maximum absolute atomic E-state index is 10.8. The van der Waals surface area contributed by atoms with E-state index in [0.717, 1.165) is 17.5 Å². The van der Waals surface area contributed by atoms with Gasteiger partial charge in [0, 0.05) is 0 Å². The van der Waals surface area contributed by atoms with Gasteiger partial charge < -0.3 is 5.11 Å². The van der Waals surface area contributed by atoms with E-state index in [1.54, 1.807) is 12.1 Å². The Hall–Kier alpha value is -2.35. The highest BCUT2D eigenvalue weighted by atomic mass is 16.4. The van der Waals surface area contributed by atoms with Gasteiger partial charge >= 0.3 is 5.97 Å². The molecular formula is C17H16O2. The lowest BCUT2D eigenvalue weighted by atomic mass is 10.0. The molecule has 0 heterocycles. The molecule has 2 rings (SSSR count). The highest BCUT2D eigenvalue weighted by Crippen LogP contribution is 2.20. The van der Waals surface area contributed by atoms with Crippen LogP contribution in [0.2, 0.25) is 0 Å². The Kier molecular flexibility index (Phi) is 4.14. The van der Waals surface area contributed by atoms with Crippen molar-refractivity contribution >= 4 is 12.0 Å². The topological polar surface area (TPSA) is 37.3 Å². The van der Waals surface area contributed by atoms with E-state index in [9.17, 15) is 4.79 Å². The SMILES string of the molecule is CC/C=C/c1ccc(-c2ccc(C(=O)O)cc2)cc1. The molecule has 0 saturated carbocycles. The Balaban J connectivity index is 2.22. The summed E-state index contributed by atoms with van der Waals surface area (Å²) >= 11 is 0. The first-order chi connectivity index (χ1) is 9.20. The number of carboxylic acids is 1. The van der Waals surface area contributed by atoms with Crippen LogP contribution in [0, 0.1) is 0 Å². The van der Waals surface area contributed by atoms with E-state index < -0.39 is 5.97 Å². The first-order valence-corrected chi connectivity index (χ1v) is 6.31. The maximum atomic E-state index is 10.8. The van der Waals surface area contributed by atoms with Crippen LogP contribution in [0.3, 0.4) is 0 Å².